The van der Waals surface area contributed by atoms with Gasteiger partial charge in [-0.15, -0.1) is 0 Å². The fourth-order valence-electron chi connectivity index (χ4n) is 4.36. The number of benzene rings is 2. The van der Waals surface area contributed by atoms with Crippen LogP contribution in [0.2, 0.25) is 0 Å². The van der Waals surface area contributed by atoms with Gasteiger partial charge in [-0.2, -0.15) is 13.2 Å². The molecule has 2 N–H and O–H groups in total. The molecular formula is C26H30BF3N2O3. The molecule has 0 amide bonds. The highest BCUT2D eigenvalue weighted by molar-refractivity contribution is 6.33. The Morgan fingerprint density at radius 2 is 1.91 bits per heavy atom. The van der Waals surface area contributed by atoms with Crippen molar-refractivity contribution in [2.24, 2.45) is 5.16 Å². The monoisotopic (exact) mass is 486 g/mol. The van der Waals surface area contributed by atoms with Crippen LogP contribution in [0.25, 0.3) is 0 Å². The second-order valence-corrected chi connectivity index (χ2v) is 8.94. The number of oxime groups is 1. The summed E-state index contributed by atoms with van der Waals surface area (Å²) in [4.78, 5) is 15.9. The van der Waals surface area contributed by atoms with E-state index < -0.39 is 17.7 Å². The predicted octanol–water partition coefficient (Wildman–Crippen LogP) is 5.05. The number of aliphatic carboxylic acids is 1. The molecule has 0 aliphatic heterocycles. The summed E-state index contributed by atoms with van der Waals surface area (Å²) in [6.45, 7) is 2.42. The molecule has 2 aromatic carbocycles. The number of hydrogen-bond acceptors (Lipinski definition) is 4. The quantitative estimate of drug-likeness (QED) is 0.213. The Morgan fingerprint density at radius 1 is 1.17 bits per heavy atom. The highest BCUT2D eigenvalue weighted by Crippen LogP contribution is 2.41. The van der Waals surface area contributed by atoms with Crippen molar-refractivity contribution in [1.82, 2.24) is 5.32 Å². The number of nitrogens with zero attached hydrogens (tertiary/aromatic N) is 1. The summed E-state index contributed by atoms with van der Waals surface area (Å²) in [6, 6.07) is 9.83. The largest absolute Gasteiger partial charge is 0.481 e. The van der Waals surface area contributed by atoms with Crippen LogP contribution in [0.3, 0.4) is 0 Å². The van der Waals surface area contributed by atoms with Crippen molar-refractivity contribution in [3.63, 3.8) is 0 Å². The van der Waals surface area contributed by atoms with Crippen molar-refractivity contribution in [2.45, 2.75) is 70.7 Å². The second kappa shape index (κ2) is 12.2. The van der Waals surface area contributed by atoms with E-state index in [-0.39, 0.29) is 18.9 Å². The summed E-state index contributed by atoms with van der Waals surface area (Å²) in [5.74, 6) is -0.918. The van der Waals surface area contributed by atoms with Gasteiger partial charge in [-0.1, -0.05) is 60.2 Å². The Kier molecular flexibility index (Phi) is 9.37. The molecule has 1 aliphatic rings. The average Bonchev–Trinajstić information content (AvgIpc) is 2.82. The molecule has 5 nitrogen and oxygen atoms in total. The molecule has 2 aromatic rings. The standard InChI is InChI=1S/C26H30BF3N2O3/c1-17(20-8-9-21(24(27)14-20)15-31-12-11-25(33)34)32-35-16-18-7-10-22(19-5-3-2-4-6-19)23(13-18)26(28,29)30/h7-10,13-14,19,31H,2-6,11-12,15-16H2,1H3,(H,33,34)/b32-17+. The van der Waals surface area contributed by atoms with Gasteiger partial charge in [0.25, 0.3) is 0 Å². The lowest BCUT2D eigenvalue weighted by Gasteiger charge is -2.25. The Bertz CT molecular complexity index is 1050. The third-order valence-corrected chi connectivity index (χ3v) is 6.30. The van der Waals surface area contributed by atoms with Gasteiger partial charge in [0, 0.05) is 13.1 Å². The van der Waals surface area contributed by atoms with Crippen LogP contribution in [0.15, 0.2) is 41.6 Å². The van der Waals surface area contributed by atoms with Crippen LogP contribution in [0, 0.1) is 0 Å². The van der Waals surface area contributed by atoms with Gasteiger partial charge in [0.05, 0.1) is 17.7 Å². The maximum absolute atomic E-state index is 13.7. The van der Waals surface area contributed by atoms with Crippen LogP contribution in [0.4, 0.5) is 13.2 Å². The second-order valence-electron chi connectivity index (χ2n) is 8.94. The molecule has 1 fully saturated rings. The lowest BCUT2D eigenvalue weighted by Crippen LogP contribution is -2.22. The van der Waals surface area contributed by atoms with Crippen LogP contribution >= 0.6 is 0 Å². The van der Waals surface area contributed by atoms with E-state index >= 15 is 0 Å². The SMILES string of the molecule is [B]c1cc(/C(C)=N/OCc2ccc(C3CCCCC3)c(C(F)(F)F)c2)ccc1CNCCC(=O)O. The van der Waals surface area contributed by atoms with Crippen molar-refractivity contribution in [2.75, 3.05) is 6.54 Å². The van der Waals surface area contributed by atoms with Crippen LogP contribution in [-0.4, -0.2) is 31.2 Å². The predicted molar refractivity (Wildman–Crippen MR) is 130 cm³/mol. The first-order valence-electron chi connectivity index (χ1n) is 11.8. The molecule has 0 aromatic heterocycles. The molecule has 186 valence electrons. The molecule has 3 rings (SSSR count). The topological polar surface area (TPSA) is 70.9 Å². The maximum atomic E-state index is 13.7. The van der Waals surface area contributed by atoms with E-state index in [2.05, 4.69) is 10.5 Å². The smallest absolute Gasteiger partial charge is 0.416 e. The molecular weight excluding hydrogens is 456 g/mol. The minimum atomic E-state index is -4.41. The van der Waals surface area contributed by atoms with Crippen molar-refractivity contribution in [3.8, 4) is 0 Å². The van der Waals surface area contributed by atoms with Crippen molar-refractivity contribution in [1.29, 1.82) is 0 Å². The number of alkyl halides is 3. The normalized spacial score (nSPS) is 15.3. The number of nitrogens with one attached hydrogen (secondary N) is 1. The van der Waals surface area contributed by atoms with Gasteiger partial charge in [0.15, 0.2) is 0 Å². The first-order valence-corrected chi connectivity index (χ1v) is 11.8. The molecule has 0 spiro atoms. The van der Waals surface area contributed by atoms with Gasteiger partial charge in [-0.05, 0) is 54.0 Å². The Morgan fingerprint density at radius 3 is 2.57 bits per heavy atom. The Hall–Kier alpha value is -2.81. The van der Waals surface area contributed by atoms with Crippen molar-refractivity contribution in [3.05, 3.63) is 64.2 Å². The number of rotatable bonds is 10. The van der Waals surface area contributed by atoms with Gasteiger partial charge in [0.1, 0.15) is 14.5 Å². The molecule has 1 saturated carbocycles. The minimum Gasteiger partial charge on any atom is -0.481 e. The van der Waals surface area contributed by atoms with Gasteiger partial charge in [0.2, 0.25) is 0 Å². The number of carbonyl (C=O) groups is 1. The molecule has 9 heteroatoms. The molecule has 0 unspecified atom stereocenters. The highest BCUT2D eigenvalue weighted by Gasteiger charge is 2.35. The van der Waals surface area contributed by atoms with Crippen LogP contribution in [-0.2, 0) is 29.0 Å². The highest BCUT2D eigenvalue weighted by atomic mass is 19.4. The van der Waals surface area contributed by atoms with E-state index in [0.717, 1.165) is 43.2 Å². The summed E-state index contributed by atoms with van der Waals surface area (Å²) < 4.78 is 41.2. The summed E-state index contributed by atoms with van der Waals surface area (Å²) in [7, 11) is 6.10. The van der Waals surface area contributed by atoms with Crippen molar-refractivity contribution < 1.29 is 27.9 Å². The third kappa shape index (κ3) is 7.85. The van der Waals surface area contributed by atoms with E-state index in [1.54, 1.807) is 25.1 Å². The minimum absolute atomic E-state index is 0.0227. The third-order valence-electron chi connectivity index (χ3n) is 6.30. The van der Waals surface area contributed by atoms with E-state index in [1.165, 1.54) is 6.07 Å². The fourth-order valence-corrected chi connectivity index (χ4v) is 4.36. The first-order chi connectivity index (χ1) is 16.6. The van der Waals surface area contributed by atoms with Crippen LogP contribution in [0.5, 0.6) is 0 Å². The lowest BCUT2D eigenvalue weighted by atomic mass is 9.81. The van der Waals surface area contributed by atoms with Crippen LogP contribution < -0.4 is 10.8 Å². The van der Waals surface area contributed by atoms with E-state index in [0.29, 0.717) is 35.4 Å². The summed E-state index contributed by atoms with van der Waals surface area (Å²) in [5.41, 5.74) is 2.83. The molecule has 0 heterocycles. The number of carboxylic acid groups (broad SMARTS) is 1. The average molecular weight is 486 g/mol. The summed E-state index contributed by atoms with van der Waals surface area (Å²) in [6.07, 6.45) is 0.213. The van der Waals surface area contributed by atoms with Gasteiger partial charge >= 0.3 is 12.1 Å². The zero-order chi connectivity index (χ0) is 25.4. The fraction of sp³-hybridized carbons (Fsp3) is 0.462. The molecule has 0 saturated heterocycles. The lowest BCUT2D eigenvalue weighted by molar-refractivity contribution is -0.139. The molecule has 2 radical (unpaired) electrons. The summed E-state index contributed by atoms with van der Waals surface area (Å²) >= 11 is 0. The molecule has 0 atom stereocenters. The summed E-state index contributed by atoms with van der Waals surface area (Å²) in [5, 5.41) is 15.8. The van der Waals surface area contributed by atoms with Gasteiger partial charge < -0.3 is 15.3 Å². The molecule has 0 bridgehead atoms. The van der Waals surface area contributed by atoms with Crippen LogP contribution in [0.1, 0.15) is 79.2 Å². The van der Waals surface area contributed by atoms with E-state index in [4.69, 9.17) is 17.8 Å². The Labute approximate surface area is 205 Å². The Balaban J connectivity index is 1.63. The zero-order valence-electron chi connectivity index (χ0n) is 19.8. The number of halogens is 3. The molecule has 1 aliphatic carbocycles. The van der Waals surface area contributed by atoms with Gasteiger partial charge in [-0.3, -0.25) is 4.79 Å². The number of carboxylic acids is 1. The van der Waals surface area contributed by atoms with E-state index in [9.17, 15) is 18.0 Å². The number of hydrogen-bond donors (Lipinski definition) is 2. The van der Waals surface area contributed by atoms with Crippen molar-refractivity contribution >= 4 is 25.0 Å². The first kappa shape index (κ1) is 26.8. The zero-order valence-corrected chi connectivity index (χ0v) is 19.8. The molecule has 35 heavy (non-hydrogen) atoms. The maximum Gasteiger partial charge on any atom is 0.416 e. The van der Waals surface area contributed by atoms with Gasteiger partial charge in [-0.25, -0.2) is 0 Å². The van der Waals surface area contributed by atoms with E-state index in [1.807, 2.05) is 12.1 Å².